The third kappa shape index (κ3) is 3.99. The van der Waals surface area contributed by atoms with Crippen molar-refractivity contribution < 1.29 is 22.7 Å². The van der Waals surface area contributed by atoms with Crippen molar-refractivity contribution >= 4 is 50.7 Å². The second kappa shape index (κ2) is 8.13. The summed E-state index contributed by atoms with van der Waals surface area (Å²) in [7, 11) is -3.83. The summed E-state index contributed by atoms with van der Waals surface area (Å²) < 4.78 is 29.6. The van der Waals surface area contributed by atoms with Gasteiger partial charge in [-0.1, -0.05) is 29.5 Å². The van der Waals surface area contributed by atoms with Gasteiger partial charge in [0.05, 0.1) is 15.8 Å². The molecule has 2 aromatic carbocycles. The van der Waals surface area contributed by atoms with Gasteiger partial charge in [0.25, 0.3) is 0 Å². The number of nitrogens with two attached hydrogens (primary N) is 1. The fourth-order valence-electron chi connectivity index (χ4n) is 3.99. The van der Waals surface area contributed by atoms with Crippen LogP contribution in [0.25, 0.3) is 0 Å². The number of anilines is 1. The van der Waals surface area contributed by atoms with Crippen LogP contribution in [0.2, 0.25) is 0 Å². The number of fused-ring (bicyclic) bond motifs is 5. The Kier molecular flexibility index (Phi) is 5.40. The molecule has 0 aliphatic carbocycles. The van der Waals surface area contributed by atoms with Gasteiger partial charge in [0.1, 0.15) is 12.3 Å². The monoisotopic (exact) mass is 503 g/mol. The lowest BCUT2D eigenvalue weighted by molar-refractivity contribution is -0.140. The third-order valence-corrected chi connectivity index (χ3v) is 8.85. The molecule has 2 aliphatic heterocycles. The van der Waals surface area contributed by atoms with Gasteiger partial charge in [0.15, 0.2) is 0 Å². The highest BCUT2D eigenvalue weighted by atomic mass is 32.2. The van der Waals surface area contributed by atoms with Crippen LogP contribution >= 0.6 is 23.1 Å². The highest BCUT2D eigenvalue weighted by molar-refractivity contribution is 7.99. The second-order valence-electron chi connectivity index (χ2n) is 7.60. The van der Waals surface area contributed by atoms with E-state index in [1.54, 1.807) is 12.1 Å². The number of carbonyl (C=O) groups is 2. The number of carbonyl (C=O) groups excluding carboxylic acids is 2. The molecule has 2 atom stereocenters. The highest BCUT2D eigenvalue weighted by Gasteiger charge is 2.44. The molecule has 1 aromatic heterocycles. The van der Waals surface area contributed by atoms with Crippen molar-refractivity contribution in [1.82, 2.24) is 4.57 Å². The lowest BCUT2D eigenvalue weighted by Gasteiger charge is -2.34. The Labute approximate surface area is 196 Å². The number of hydrogen-bond donors (Lipinski definition) is 2. The van der Waals surface area contributed by atoms with Gasteiger partial charge in [-0.25, -0.2) is 13.6 Å². The zero-order chi connectivity index (χ0) is 23.3. The van der Waals surface area contributed by atoms with E-state index < -0.39 is 21.8 Å². The molecule has 0 saturated heterocycles. The summed E-state index contributed by atoms with van der Waals surface area (Å²) >= 11 is 2.40. The van der Waals surface area contributed by atoms with Crippen LogP contribution in [0, 0.1) is 5.92 Å². The van der Waals surface area contributed by atoms with E-state index in [-0.39, 0.29) is 28.2 Å². The number of nitrogens with zero attached hydrogens (tertiary/aromatic N) is 1. The molecule has 0 fully saturated rings. The van der Waals surface area contributed by atoms with Gasteiger partial charge in [-0.3, -0.25) is 19.0 Å². The fraction of sp³-hybridized carbons (Fsp3) is 0.190. The van der Waals surface area contributed by atoms with Gasteiger partial charge in [0, 0.05) is 27.8 Å². The van der Waals surface area contributed by atoms with Crippen LogP contribution in [0.3, 0.4) is 0 Å². The molecule has 9 nitrogen and oxygen atoms in total. The Balaban J connectivity index is 1.42. The third-order valence-electron chi connectivity index (χ3n) is 5.49. The maximum absolute atomic E-state index is 12.8. The average Bonchev–Trinajstić information content (AvgIpc) is 3.08. The van der Waals surface area contributed by atoms with E-state index in [1.807, 2.05) is 12.1 Å². The number of sulfonamides is 1. The van der Waals surface area contributed by atoms with Crippen molar-refractivity contribution in [3.8, 4) is 5.75 Å². The average molecular weight is 504 g/mol. The van der Waals surface area contributed by atoms with Crippen LogP contribution in [-0.2, 0) is 26.2 Å². The Bertz CT molecular complexity index is 1440. The van der Waals surface area contributed by atoms with E-state index >= 15 is 0 Å². The van der Waals surface area contributed by atoms with Crippen LogP contribution in [0.15, 0.2) is 63.2 Å². The topological polar surface area (TPSA) is 138 Å². The number of ether oxygens (including phenoxy) is 1. The Hall–Kier alpha value is -2.93. The smallest absolute Gasteiger partial charge is 0.316 e. The molecule has 3 heterocycles. The van der Waals surface area contributed by atoms with Gasteiger partial charge < -0.3 is 10.1 Å². The molecular formula is C21H17N3O6S3. The van der Waals surface area contributed by atoms with E-state index in [0.29, 0.717) is 22.2 Å². The number of aromatic nitrogens is 1. The van der Waals surface area contributed by atoms with Gasteiger partial charge in [-0.15, -0.1) is 11.8 Å². The Morgan fingerprint density at radius 1 is 1.15 bits per heavy atom. The van der Waals surface area contributed by atoms with Gasteiger partial charge in [-0.05, 0) is 30.3 Å². The van der Waals surface area contributed by atoms with E-state index in [1.165, 1.54) is 40.6 Å². The number of nitrogens with one attached hydrogen (secondary N) is 1. The van der Waals surface area contributed by atoms with Crippen LogP contribution in [0.1, 0.15) is 16.4 Å². The van der Waals surface area contributed by atoms with E-state index in [9.17, 15) is 22.8 Å². The predicted octanol–water partition coefficient (Wildman–Crippen LogP) is 1.97. The minimum Gasteiger partial charge on any atom is -0.426 e. The van der Waals surface area contributed by atoms with Crippen molar-refractivity contribution in [2.45, 2.75) is 22.4 Å². The molecule has 2 aliphatic rings. The SMILES string of the molecule is NS(=O)(=O)c1ccc(NC(=O)Cn2c3c(sc2=O)C2c4ccccc4OC(=O)C2CS3)cc1. The van der Waals surface area contributed by atoms with Crippen molar-refractivity contribution in [3.63, 3.8) is 0 Å². The second-order valence-corrected chi connectivity index (χ2v) is 11.2. The van der Waals surface area contributed by atoms with Crippen molar-refractivity contribution in [2.24, 2.45) is 11.1 Å². The number of para-hydroxylation sites is 1. The first kappa shape index (κ1) is 21.9. The maximum atomic E-state index is 12.8. The quantitative estimate of drug-likeness (QED) is 0.410. The normalized spacial score (nSPS) is 19.1. The molecule has 170 valence electrons. The van der Waals surface area contributed by atoms with Gasteiger partial charge >= 0.3 is 10.8 Å². The van der Waals surface area contributed by atoms with E-state index in [2.05, 4.69) is 5.32 Å². The molecule has 5 rings (SSSR count). The summed E-state index contributed by atoms with van der Waals surface area (Å²) in [6.07, 6.45) is 0. The Morgan fingerprint density at radius 2 is 1.88 bits per heavy atom. The van der Waals surface area contributed by atoms with Crippen molar-refractivity contribution in [1.29, 1.82) is 0 Å². The molecule has 0 bridgehead atoms. The molecule has 0 radical (unpaired) electrons. The van der Waals surface area contributed by atoms with Crippen molar-refractivity contribution in [3.05, 3.63) is 68.6 Å². The summed E-state index contributed by atoms with van der Waals surface area (Å²) in [6, 6.07) is 12.7. The molecule has 33 heavy (non-hydrogen) atoms. The van der Waals surface area contributed by atoms with Gasteiger partial charge in [-0.2, -0.15) is 0 Å². The number of amides is 1. The van der Waals surface area contributed by atoms with Crippen molar-refractivity contribution in [2.75, 3.05) is 11.1 Å². The number of thiazole rings is 1. The molecule has 0 spiro atoms. The molecule has 12 heteroatoms. The molecule has 3 aromatic rings. The zero-order valence-electron chi connectivity index (χ0n) is 16.9. The Morgan fingerprint density at radius 3 is 2.61 bits per heavy atom. The minimum atomic E-state index is -3.83. The first-order chi connectivity index (χ1) is 15.7. The van der Waals surface area contributed by atoms with Crippen LogP contribution < -0.4 is 20.1 Å². The molecule has 0 saturated carbocycles. The first-order valence-corrected chi connectivity index (χ1v) is 13.2. The van der Waals surface area contributed by atoms with Gasteiger partial charge in [0.2, 0.25) is 15.9 Å². The first-order valence-electron chi connectivity index (χ1n) is 9.82. The minimum absolute atomic E-state index is 0.0686. The lowest BCUT2D eigenvalue weighted by atomic mass is 9.83. The molecule has 2 unspecified atom stereocenters. The highest BCUT2D eigenvalue weighted by Crippen LogP contribution is 2.50. The maximum Gasteiger partial charge on any atom is 0.316 e. The largest absolute Gasteiger partial charge is 0.426 e. The standard InChI is InChI=1S/C21H17N3O6S3/c22-33(28,29)12-7-5-11(6-8-12)23-16(25)9-24-19-18(32-21(24)27)17-13-3-1-2-4-15(13)30-20(26)14(17)10-31-19/h1-8,14,17H,9-10H2,(H,23,25)(H2,22,28,29). The summed E-state index contributed by atoms with van der Waals surface area (Å²) in [5.41, 5.74) is 1.23. The molecular weight excluding hydrogens is 486 g/mol. The van der Waals surface area contributed by atoms with Crippen LogP contribution in [0.5, 0.6) is 5.75 Å². The van der Waals surface area contributed by atoms with Crippen LogP contribution in [0.4, 0.5) is 5.69 Å². The molecule has 1 amide bonds. The number of hydrogen-bond acceptors (Lipinski definition) is 8. The summed E-state index contributed by atoms with van der Waals surface area (Å²) in [4.78, 5) is 38.4. The summed E-state index contributed by atoms with van der Waals surface area (Å²) in [5.74, 6) is -0.495. The molecule has 3 N–H and O–H groups in total. The predicted molar refractivity (Wildman–Crippen MR) is 123 cm³/mol. The van der Waals surface area contributed by atoms with E-state index in [4.69, 9.17) is 9.88 Å². The number of rotatable bonds is 4. The number of thioether (sulfide) groups is 1. The van der Waals surface area contributed by atoms with Crippen LogP contribution in [-0.4, -0.2) is 30.6 Å². The fourth-order valence-corrected chi connectivity index (χ4v) is 7.17. The zero-order valence-corrected chi connectivity index (χ0v) is 19.3. The van der Waals surface area contributed by atoms with E-state index in [0.717, 1.165) is 21.8 Å². The number of esters is 1. The number of primary sulfonamides is 1. The number of benzene rings is 2. The lowest BCUT2D eigenvalue weighted by Crippen LogP contribution is -2.36. The summed E-state index contributed by atoms with van der Waals surface area (Å²) in [6.45, 7) is -0.210. The summed E-state index contributed by atoms with van der Waals surface area (Å²) in [5, 5.41) is 8.42.